The minimum absolute atomic E-state index is 0.0819. The van der Waals surface area contributed by atoms with Gasteiger partial charge in [-0.3, -0.25) is 4.79 Å². The normalized spacial score (nSPS) is 19.3. The molecule has 27 heavy (non-hydrogen) atoms. The van der Waals surface area contributed by atoms with E-state index in [1.54, 1.807) is 6.33 Å². The Kier molecular flexibility index (Phi) is 4.16. The molecule has 3 aromatic rings. The highest BCUT2D eigenvalue weighted by Gasteiger charge is 2.24. The van der Waals surface area contributed by atoms with Crippen molar-refractivity contribution in [3.8, 4) is 11.5 Å². The fourth-order valence-electron chi connectivity index (χ4n) is 3.60. The highest BCUT2D eigenvalue weighted by Crippen LogP contribution is 2.40. The van der Waals surface area contributed by atoms with Gasteiger partial charge in [-0.05, 0) is 42.3 Å². The number of aromatic nitrogens is 2. The van der Waals surface area contributed by atoms with E-state index in [9.17, 15) is 4.79 Å². The van der Waals surface area contributed by atoms with Crippen LogP contribution in [0.1, 0.15) is 27.6 Å². The molecule has 1 atom stereocenters. The van der Waals surface area contributed by atoms with Gasteiger partial charge in [0, 0.05) is 29.7 Å². The smallest absolute Gasteiger partial charge is 0.253 e. The Labute approximate surface area is 160 Å². The van der Waals surface area contributed by atoms with E-state index in [1.165, 1.54) is 5.56 Å². The Bertz CT molecular complexity index is 1000. The molecule has 1 amide bonds. The third-order valence-electron chi connectivity index (χ3n) is 5.06. The first-order valence-corrected chi connectivity index (χ1v) is 10.1. The molecule has 0 radical (unpaired) electrons. The summed E-state index contributed by atoms with van der Waals surface area (Å²) in [7, 11) is 0. The van der Waals surface area contributed by atoms with Crippen LogP contribution in [-0.2, 0) is 0 Å². The van der Waals surface area contributed by atoms with Crippen molar-refractivity contribution < 1.29 is 14.3 Å². The first kappa shape index (κ1) is 16.5. The number of nitrogens with zero attached hydrogens (tertiary/aromatic N) is 2. The van der Waals surface area contributed by atoms with Gasteiger partial charge in [0.1, 0.15) is 0 Å². The molecule has 7 heteroatoms. The number of benzene rings is 2. The summed E-state index contributed by atoms with van der Waals surface area (Å²) in [4.78, 5) is 22.2. The van der Waals surface area contributed by atoms with Crippen LogP contribution in [0.4, 0.5) is 0 Å². The van der Waals surface area contributed by atoms with Gasteiger partial charge in [0.2, 0.25) is 6.79 Å². The van der Waals surface area contributed by atoms with Crippen LogP contribution >= 0.6 is 11.8 Å². The quantitative estimate of drug-likeness (QED) is 0.734. The Morgan fingerprint density at radius 3 is 3.04 bits per heavy atom. The second kappa shape index (κ2) is 6.81. The molecule has 3 heterocycles. The molecular weight excluding hydrogens is 362 g/mol. The largest absolute Gasteiger partial charge is 0.454 e. The van der Waals surface area contributed by atoms with Gasteiger partial charge in [0.25, 0.3) is 5.91 Å². The lowest BCUT2D eigenvalue weighted by Crippen LogP contribution is -2.32. The molecule has 1 unspecified atom stereocenters. The van der Waals surface area contributed by atoms with E-state index < -0.39 is 0 Å². The van der Waals surface area contributed by atoms with Gasteiger partial charge < -0.3 is 19.4 Å². The van der Waals surface area contributed by atoms with Crippen molar-refractivity contribution in [3.05, 3.63) is 53.9 Å². The predicted molar refractivity (Wildman–Crippen MR) is 104 cm³/mol. The number of carbonyl (C=O) groups is 1. The van der Waals surface area contributed by atoms with Gasteiger partial charge in [0.15, 0.2) is 11.5 Å². The molecule has 0 spiro atoms. The van der Waals surface area contributed by atoms with Crippen molar-refractivity contribution in [1.82, 2.24) is 14.9 Å². The first-order valence-electron chi connectivity index (χ1n) is 9.01. The van der Waals surface area contributed by atoms with Crippen LogP contribution in [0, 0.1) is 0 Å². The fourth-order valence-corrected chi connectivity index (χ4v) is 4.83. The molecule has 0 aliphatic carbocycles. The summed E-state index contributed by atoms with van der Waals surface area (Å²) in [6, 6.07) is 11.8. The van der Waals surface area contributed by atoms with Gasteiger partial charge in [-0.15, -0.1) is 0 Å². The summed E-state index contributed by atoms with van der Waals surface area (Å²) < 4.78 is 10.9. The van der Waals surface area contributed by atoms with Crippen molar-refractivity contribution >= 4 is 28.7 Å². The van der Waals surface area contributed by atoms with E-state index in [-0.39, 0.29) is 5.91 Å². The molecule has 1 fully saturated rings. The van der Waals surface area contributed by atoms with Crippen LogP contribution in [0.3, 0.4) is 0 Å². The maximum Gasteiger partial charge on any atom is 0.253 e. The van der Waals surface area contributed by atoms with Crippen LogP contribution in [0.5, 0.6) is 11.5 Å². The maximum absolute atomic E-state index is 13.0. The number of amides is 1. The highest BCUT2D eigenvalue weighted by atomic mass is 32.2. The minimum atomic E-state index is 0.0819. The zero-order valence-corrected chi connectivity index (χ0v) is 15.5. The molecule has 138 valence electrons. The molecule has 1 N–H and O–H groups in total. The molecule has 1 saturated heterocycles. The minimum Gasteiger partial charge on any atom is -0.454 e. The third kappa shape index (κ3) is 3.12. The monoisotopic (exact) mass is 381 g/mol. The van der Waals surface area contributed by atoms with E-state index in [2.05, 4.69) is 22.1 Å². The van der Waals surface area contributed by atoms with Crippen LogP contribution < -0.4 is 9.47 Å². The number of hydrogen-bond acceptors (Lipinski definition) is 5. The summed E-state index contributed by atoms with van der Waals surface area (Å²) in [5.41, 5.74) is 3.71. The number of nitrogens with one attached hydrogen (secondary N) is 1. The number of hydrogen-bond donors (Lipinski definition) is 1. The van der Waals surface area contributed by atoms with E-state index >= 15 is 0 Å². The van der Waals surface area contributed by atoms with Crippen molar-refractivity contribution in [3.63, 3.8) is 0 Å². The first-order chi connectivity index (χ1) is 13.3. The van der Waals surface area contributed by atoms with Crippen molar-refractivity contribution in [1.29, 1.82) is 0 Å². The van der Waals surface area contributed by atoms with Gasteiger partial charge in [-0.25, -0.2) is 4.98 Å². The van der Waals surface area contributed by atoms with Crippen LogP contribution in [-0.4, -0.2) is 46.4 Å². The second-order valence-electron chi connectivity index (χ2n) is 6.69. The number of aromatic amines is 1. The SMILES string of the molecule is O=C(c1ccc2nc[nH]c2c1)N1CCSC(c2ccc3c(c2)OCO3)CC1. The van der Waals surface area contributed by atoms with Crippen molar-refractivity contribution in [2.24, 2.45) is 0 Å². The van der Waals surface area contributed by atoms with Gasteiger partial charge in [0.05, 0.1) is 17.4 Å². The predicted octanol–water partition coefficient (Wildman–Crippen LogP) is 3.61. The standard InChI is InChI=1S/C20H19N3O3S/c24-20(14-1-3-15-16(9-14)22-11-21-15)23-6-5-19(27-8-7-23)13-2-4-17-18(10-13)26-12-25-17/h1-4,9-11,19H,5-8,12H2,(H,21,22). The Morgan fingerprint density at radius 1 is 1.15 bits per heavy atom. The lowest BCUT2D eigenvalue weighted by atomic mass is 10.1. The van der Waals surface area contributed by atoms with Crippen LogP contribution in [0.2, 0.25) is 0 Å². The van der Waals surface area contributed by atoms with Crippen LogP contribution in [0.25, 0.3) is 11.0 Å². The van der Waals surface area contributed by atoms with Gasteiger partial charge in [-0.2, -0.15) is 11.8 Å². The van der Waals surface area contributed by atoms with Crippen molar-refractivity contribution in [2.75, 3.05) is 25.6 Å². The highest BCUT2D eigenvalue weighted by molar-refractivity contribution is 7.99. The fraction of sp³-hybridized carbons (Fsp3) is 0.300. The van der Waals surface area contributed by atoms with Gasteiger partial charge >= 0.3 is 0 Å². The molecule has 0 bridgehead atoms. The second-order valence-corrected chi connectivity index (χ2v) is 8.00. The number of carbonyl (C=O) groups excluding carboxylic acids is 1. The van der Waals surface area contributed by atoms with Gasteiger partial charge in [-0.1, -0.05) is 6.07 Å². The summed E-state index contributed by atoms with van der Waals surface area (Å²) >= 11 is 1.90. The molecule has 2 aromatic carbocycles. The summed E-state index contributed by atoms with van der Waals surface area (Å²) in [5.74, 6) is 2.62. The Balaban J connectivity index is 1.31. The van der Waals surface area contributed by atoms with E-state index in [4.69, 9.17) is 9.47 Å². The van der Waals surface area contributed by atoms with E-state index in [0.717, 1.165) is 47.8 Å². The van der Waals surface area contributed by atoms with E-state index in [1.807, 2.05) is 40.9 Å². The Morgan fingerprint density at radius 2 is 2.07 bits per heavy atom. The molecule has 2 aliphatic rings. The molecule has 2 aliphatic heterocycles. The summed E-state index contributed by atoms with van der Waals surface area (Å²) in [6.07, 6.45) is 2.57. The molecule has 5 rings (SSSR count). The van der Waals surface area contributed by atoms with E-state index in [0.29, 0.717) is 17.6 Å². The summed E-state index contributed by atoms with van der Waals surface area (Å²) in [5, 5.41) is 0.354. The molecule has 1 aromatic heterocycles. The zero-order chi connectivity index (χ0) is 18.2. The lowest BCUT2D eigenvalue weighted by Gasteiger charge is -2.20. The Hall–Kier alpha value is -2.67. The lowest BCUT2D eigenvalue weighted by molar-refractivity contribution is 0.0766. The van der Waals surface area contributed by atoms with Crippen LogP contribution in [0.15, 0.2) is 42.7 Å². The van der Waals surface area contributed by atoms with Crippen molar-refractivity contribution in [2.45, 2.75) is 11.7 Å². The molecule has 0 saturated carbocycles. The number of rotatable bonds is 2. The average molecular weight is 381 g/mol. The summed E-state index contributed by atoms with van der Waals surface area (Å²) in [6.45, 7) is 1.79. The third-order valence-corrected chi connectivity index (χ3v) is 6.39. The molecular formula is C20H19N3O3S. The number of ether oxygens (including phenoxy) is 2. The number of fused-ring (bicyclic) bond motifs is 2. The average Bonchev–Trinajstić information content (AvgIpc) is 3.29. The topological polar surface area (TPSA) is 67.5 Å². The number of imidazole rings is 1. The zero-order valence-electron chi connectivity index (χ0n) is 14.7. The number of thioether (sulfide) groups is 1. The maximum atomic E-state index is 13.0. The molecule has 6 nitrogen and oxygen atoms in total. The number of H-pyrrole nitrogens is 1.